The fourth-order valence-corrected chi connectivity index (χ4v) is 2.00. The number of nitrogens with zero attached hydrogens (tertiary/aromatic N) is 4. The van der Waals surface area contributed by atoms with Gasteiger partial charge in [0.25, 0.3) is 0 Å². The summed E-state index contributed by atoms with van der Waals surface area (Å²) < 4.78 is 37.9. The number of alkyl halides is 3. The lowest BCUT2D eigenvalue weighted by Crippen LogP contribution is -2.50. The highest BCUT2D eigenvalue weighted by Crippen LogP contribution is 2.29. The number of anilines is 2. The van der Waals surface area contributed by atoms with Gasteiger partial charge in [-0.05, 0) is 14.0 Å². The summed E-state index contributed by atoms with van der Waals surface area (Å²) in [4.78, 5) is 10.8. The van der Waals surface area contributed by atoms with Gasteiger partial charge >= 0.3 is 6.18 Å². The molecule has 1 aliphatic rings. The van der Waals surface area contributed by atoms with Crippen molar-refractivity contribution in [3.63, 3.8) is 0 Å². The molecule has 2 heterocycles. The molecule has 1 saturated heterocycles. The molecule has 0 aliphatic carbocycles. The molecule has 0 spiro atoms. The summed E-state index contributed by atoms with van der Waals surface area (Å²) in [5, 5.41) is 0. The van der Waals surface area contributed by atoms with Gasteiger partial charge < -0.3 is 15.5 Å². The fourth-order valence-electron chi connectivity index (χ4n) is 2.00. The minimum Gasteiger partial charge on any atom is -0.384 e. The summed E-state index contributed by atoms with van der Waals surface area (Å²) in [5.74, 6) is -1.11. The first-order chi connectivity index (χ1) is 8.77. The first-order valence-electron chi connectivity index (χ1n) is 5.94. The van der Waals surface area contributed by atoms with Crippen LogP contribution in [0.15, 0.2) is 6.07 Å². The van der Waals surface area contributed by atoms with Crippen LogP contribution in [-0.2, 0) is 6.18 Å². The van der Waals surface area contributed by atoms with E-state index in [9.17, 15) is 13.2 Å². The van der Waals surface area contributed by atoms with Gasteiger partial charge in [0.05, 0.1) is 0 Å². The van der Waals surface area contributed by atoms with Gasteiger partial charge in [0.15, 0.2) is 0 Å². The molecule has 8 heteroatoms. The molecular weight excluding hydrogens is 259 g/mol. The average Bonchev–Trinajstić information content (AvgIpc) is 2.31. The fraction of sp³-hybridized carbons (Fsp3) is 0.636. The standard InChI is InChI=1S/C11H16F3N5/c1-7-6-19(4-3-18(7)2)9-5-8(15)16-10(17-9)11(12,13)14/h5,7H,3-4,6H2,1-2H3,(H2,15,16,17). The summed E-state index contributed by atoms with van der Waals surface area (Å²) in [5.41, 5.74) is 5.44. The number of nitrogen functional groups attached to an aromatic ring is 1. The number of piperazine rings is 1. The Kier molecular flexibility index (Phi) is 3.53. The summed E-state index contributed by atoms with van der Waals surface area (Å²) in [7, 11) is 1.98. The molecular formula is C11H16F3N5. The van der Waals surface area contributed by atoms with Crippen LogP contribution in [0.4, 0.5) is 24.8 Å². The molecule has 2 N–H and O–H groups in total. The van der Waals surface area contributed by atoms with E-state index >= 15 is 0 Å². The van der Waals surface area contributed by atoms with Crippen molar-refractivity contribution in [3.05, 3.63) is 11.9 Å². The molecule has 5 nitrogen and oxygen atoms in total. The Bertz CT molecular complexity index is 462. The van der Waals surface area contributed by atoms with Gasteiger partial charge in [-0.25, -0.2) is 9.97 Å². The van der Waals surface area contributed by atoms with Crippen LogP contribution in [0.3, 0.4) is 0 Å². The lowest BCUT2D eigenvalue weighted by Gasteiger charge is -2.38. The number of likely N-dealkylation sites (N-methyl/N-ethyl adjacent to an activating group) is 1. The van der Waals surface area contributed by atoms with Gasteiger partial charge in [-0.15, -0.1) is 0 Å². The topological polar surface area (TPSA) is 58.3 Å². The Hall–Kier alpha value is -1.57. The molecule has 19 heavy (non-hydrogen) atoms. The monoisotopic (exact) mass is 275 g/mol. The van der Waals surface area contributed by atoms with Crippen molar-refractivity contribution in [2.75, 3.05) is 37.3 Å². The van der Waals surface area contributed by atoms with Crippen LogP contribution >= 0.6 is 0 Å². The molecule has 0 radical (unpaired) electrons. The molecule has 0 amide bonds. The number of hydrogen-bond acceptors (Lipinski definition) is 5. The first-order valence-corrected chi connectivity index (χ1v) is 5.94. The van der Waals surface area contributed by atoms with E-state index in [1.54, 1.807) is 4.90 Å². The van der Waals surface area contributed by atoms with Crippen LogP contribution < -0.4 is 10.6 Å². The van der Waals surface area contributed by atoms with E-state index in [4.69, 9.17) is 5.73 Å². The Labute approximate surface area is 109 Å². The van der Waals surface area contributed by atoms with Gasteiger partial charge in [-0.3, -0.25) is 0 Å². The molecule has 0 saturated carbocycles. The van der Waals surface area contributed by atoms with E-state index in [1.807, 2.05) is 14.0 Å². The Morgan fingerprint density at radius 1 is 1.32 bits per heavy atom. The highest BCUT2D eigenvalue weighted by molar-refractivity contribution is 5.47. The van der Waals surface area contributed by atoms with Crippen LogP contribution in [0, 0.1) is 0 Å². The molecule has 0 bridgehead atoms. The number of rotatable bonds is 1. The van der Waals surface area contributed by atoms with Crippen LogP contribution in [0.1, 0.15) is 12.7 Å². The van der Waals surface area contributed by atoms with Crippen molar-refractivity contribution in [1.29, 1.82) is 0 Å². The molecule has 1 aromatic heterocycles. The quantitative estimate of drug-likeness (QED) is 0.835. The number of halogens is 3. The average molecular weight is 275 g/mol. The Balaban J connectivity index is 2.28. The van der Waals surface area contributed by atoms with Crippen LogP contribution in [0.2, 0.25) is 0 Å². The van der Waals surface area contributed by atoms with Crippen molar-refractivity contribution < 1.29 is 13.2 Å². The van der Waals surface area contributed by atoms with Gasteiger partial charge in [-0.2, -0.15) is 13.2 Å². The Morgan fingerprint density at radius 2 is 2.00 bits per heavy atom. The number of hydrogen-bond donors (Lipinski definition) is 1. The number of nitrogens with two attached hydrogens (primary N) is 1. The molecule has 0 aromatic carbocycles. The Morgan fingerprint density at radius 3 is 2.58 bits per heavy atom. The third-order valence-electron chi connectivity index (χ3n) is 3.27. The van der Waals surface area contributed by atoms with Crippen LogP contribution in [0.25, 0.3) is 0 Å². The highest BCUT2D eigenvalue weighted by Gasteiger charge is 2.36. The molecule has 1 fully saturated rings. The maximum absolute atomic E-state index is 12.6. The highest BCUT2D eigenvalue weighted by atomic mass is 19.4. The predicted molar refractivity (Wildman–Crippen MR) is 65.8 cm³/mol. The second-order valence-corrected chi connectivity index (χ2v) is 4.75. The zero-order valence-electron chi connectivity index (χ0n) is 10.8. The van der Waals surface area contributed by atoms with Crippen molar-refractivity contribution >= 4 is 11.6 Å². The van der Waals surface area contributed by atoms with Crippen LogP contribution in [0.5, 0.6) is 0 Å². The first kappa shape index (κ1) is 13.9. The third-order valence-corrected chi connectivity index (χ3v) is 3.27. The smallest absolute Gasteiger partial charge is 0.384 e. The summed E-state index contributed by atoms with van der Waals surface area (Å²) in [6.07, 6.45) is -4.58. The third kappa shape index (κ3) is 3.06. The molecule has 106 valence electrons. The van der Waals surface area contributed by atoms with Crippen molar-refractivity contribution in [2.24, 2.45) is 0 Å². The summed E-state index contributed by atoms with van der Waals surface area (Å²) in [6, 6.07) is 1.63. The number of aromatic nitrogens is 2. The van der Waals surface area contributed by atoms with E-state index < -0.39 is 12.0 Å². The van der Waals surface area contributed by atoms with Gasteiger partial charge in [-0.1, -0.05) is 0 Å². The minimum atomic E-state index is -4.58. The zero-order valence-corrected chi connectivity index (χ0v) is 10.8. The summed E-state index contributed by atoms with van der Waals surface area (Å²) in [6.45, 7) is 4.02. The maximum atomic E-state index is 12.6. The van der Waals surface area contributed by atoms with E-state index in [0.29, 0.717) is 13.1 Å². The normalized spacial score (nSPS) is 21.7. The van der Waals surface area contributed by atoms with Crippen LogP contribution in [-0.4, -0.2) is 47.6 Å². The van der Waals surface area contributed by atoms with E-state index in [0.717, 1.165) is 6.54 Å². The second-order valence-electron chi connectivity index (χ2n) is 4.75. The lowest BCUT2D eigenvalue weighted by atomic mass is 10.2. The van der Waals surface area contributed by atoms with Crippen molar-refractivity contribution in [1.82, 2.24) is 14.9 Å². The molecule has 1 aliphatic heterocycles. The molecule has 1 atom stereocenters. The van der Waals surface area contributed by atoms with Crippen molar-refractivity contribution in [3.8, 4) is 0 Å². The van der Waals surface area contributed by atoms with E-state index in [-0.39, 0.29) is 17.7 Å². The summed E-state index contributed by atoms with van der Waals surface area (Å²) >= 11 is 0. The second kappa shape index (κ2) is 4.84. The van der Waals surface area contributed by atoms with Crippen molar-refractivity contribution in [2.45, 2.75) is 19.1 Å². The molecule has 2 rings (SSSR count). The SMILES string of the molecule is CC1CN(c2cc(N)nc(C(F)(F)F)n2)CCN1C. The van der Waals surface area contributed by atoms with Gasteiger partial charge in [0, 0.05) is 31.7 Å². The minimum absolute atomic E-state index is 0.163. The zero-order chi connectivity index (χ0) is 14.2. The largest absolute Gasteiger partial charge is 0.451 e. The lowest BCUT2D eigenvalue weighted by molar-refractivity contribution is -0.144. The van der Waals surface area contributed by atoms with Gasteiger partial charge in [0.2, 0.25) is 5.82 Å². The maximum Gasteiger partial charge on any atom is 0.451 e. The molecule has 1 aromatic rings. The van der Waals surface area contributed by atoms with E-state index in [1.165, 1.54) is 6.07 Å². The predicted octanol–water partition coefficient (Wildman–Crippen LogP) is 1.22. The molecule has 1 unspecified atom stereocenters. The van der Waals surface area contributed by atoms with Gasteiger partial charge in [0.1, 0.15) is 11.6 Å². The van der Waals surface area contributed by atoms with E-state index in [2.05, 4.69) is 14.9 Å².